The van der Waals surface area contributed by atoms with Crippen LogP contribution in [0.5, 0.6) is 0 Å². The van der Waals surface area contributed by atoms with Crippen molar-refractivity contribution >= 4 is 5.69 Å². The summed E-state index contributed by atoms with van der Waals surface area (Å²) < 4.78 is 38.2. The second kappa shape index (κ2) is 5.33. The van der Waals surface area contributed by atoms with Crippen LogP contribution in [0.2, 0.25) is 0 Å². The fraction of sp³-hybridized carbons (Fsp3) is 0.500. The van der Waals surface area contributed by atoms with Gasteiger partial charge in [-0.15, -0.1) is 0 Å². The van der Waals surface area contributed by atoms with Crippen molar-refractivity contribution < 1.29 is 13.2 Å². The van der Waals surface area contributed by atoms with Crippen molar-refractivity contribution in [2.45, 2.75) is 25.6 Å². The van der Waals surface area contributed by atoms with E-state index >= 15 is 0 Å². The number of rotatable bonds is 1. The molecular weight excluding hydrogens is 267 g/mol. The van der Waals surface area contributed by atoms with Gasteiger partial charge in [0.2, 0.25) is 0 Å². The second-order valence-corrected chi connectivity index (χ2v) is 5.22. The number of halogens is 3. The highest BCUT2D eigenvalue weighted by atomic mass is 19.4. The van der Waals surface area contributed by atoms with E-state index in [1.165, 1.54) is 12.1 Å². The number of nitrogens with zero attached hydrogens (tertiary/aromatic N) is 2. The first-order valence-electron chi connectivity index (χ1n) is 6.45. The molecule has 0 bridgehead atoms. The van der Waals surface area contributed by atoms with Crippen molar-refractivity contribution in [1.82, 2.24) is 0 Å². The molecule has 2 N–H and O–H groups in total. The smallest absolute Gasteiger partial charge is 0.370 e. The predicted octanol–water partition coefficient (Wildman–Crippen LogP) is 2.75. The highest BCUT2D eigenvalue weighted by Crippen LogP contribution is 2.34. The fourth-order valence-electron chi connectivity index (χ4n) is 2.40. The van der Waals surface area contributed by atoms with E-state index in [1.54, 1.807) is 6.07 Å². The molecule has 20 heavy (non-hydrogen) atoms. The van der Waals surface area contributed by atoms with Crippen LogP contribution in [0.3, 0.4) is 0 Å². The summed E-state index contributed by atoms with van der Waals surface area (Å²) in [7, 11) is 0. The number of alkyl halides is 3. The Labute approximate surface area is 115 Å². The van der Waals surface area contributed by atoms with Gasteiger partial charge in [-0.25, -0.2) is 0 Å². The maximum atomic E-state index is 12.7. The number of piperidine rings is 1. The second-order valence-electron chi connectivity index (χ2n) is 5.22. The summed E-state index contributed by atoms with van der Waals surface area (Å²) in [5.41, 5.74) is 5.38. The molecule has 0 radical (unpaired) electrons. The van der Waals surface area contributed by atoms with E-state index in [4.69, 9.17) is 11.0 Å². The first-order chi connectivity index (χ1) is 9.32. The van der Waals surface area contributed by atoms with E-state index < -0.39 is 11.7 Å². The lowest BCUT2D eigenvalue weighted by atomic mass is 9.93. The highest BCUT2D eigenvalue weighted by Gasteiger charge is 2.34. The van der Waals surface area contributed by atoms with Crippen molar-refractivity contribution in [2.75, 3.05) is 18.0 Å². The van der Waals surface area contributed by atoms with E-state index in [9.17, 15) is 13.2 Å². The molecule has 2 unspecified atom stereocenters. The molecule has 1 aromatic carbocycles. The number of nitrogens with two attached hydrogens (primary N) is 1. The molecule has 6 heteroatoms. The van der Waals surface area contributed by atoms with Crippen LogP contribution in [0.4, 0.5) is 18.9 Å². The van der Waals surface area contributed by atoms with Gasteiger partial charge in [0.25, 0.3) is 0 Å². The van der Waals surface area contributed by atoms with Gasteiger partial charge in [-0.3, -0.25) is 0 Å². The molecule has 0 amide bonds. The molecule has 108 valence electrons. The average Bonchev–Trinajstić information content (AvgIpc) is 2.40. The van der Waals surface area contributed by atoms with Crippen LogP contribution in [-0.2, 0) is 6.18 Å². The molecule has 2 rings (SSSR count). The van der Waals surface area contributed by atoms with Crippen LogP contribution in [-0.4, -0.2) is 19.1 Å². The van der Waals surface area contributed by atoms with Crippen molar-refractivity contribution in [3.63, 3.8) is 0 Å². The van der Waals surface area contributed by atoms with Gasteiger partial charge in [-0.1, -0.05) is 6.92 Å². The van der Waals surface area contributed by atoms with Gasteiger partial charge in [0, 0.05) is 24.8 Å². The van der Waals surface area contributed by atoms with Crippen LogP contribution >= 0.6 is 0 Å². The van der Waals surface area contributed by atoms with Gasteiger partial charge in [-0.2, -0.15) is 18.4 Å². The Morgan fingerprint density at radius 1 is 1.40 bits per heavy atom. The zero-order valence-electron chi connectivity index (χ0n) is 11.1. The van der Waals surface area contributed by atoms with Gasteiger partial charge in [0.05, 0.1) is 17.2 Å². The third kappa shape index (κ3) is 2.88. The summed E-state index contributed by atoms with van der Waals surface area (Å²) >= 11 is 0. The lowest BCUT2D eigenvalue weighted by Crippen LogP contribution is -2.47. The van der Waals surface area contributed by atoms with Crippen molar-refractivity contribution in [3.8, 4) is 6.07 Å². The summed E-state index contributed by atoms with van der Waals surface area (Å²) in [6.45, 7) is 3.40. The summed E-state index contributed by atoms with van der Waals surface area (Å²) in [5.74, 6) is 0.399. The van der Waals surface area contributed by atoms with Crippen LogP contribution < -0.4 is 10.6 Å². The summed E-state index contributed by atoms with van der Waals surface area (Å²) in [6.07, 6.45) is -3.61. The van der Waals surface area contributed by atoms with E-state index in [2.05, 4.69) is 6.92 Å². The number of hydrogen-bond acceptors (Lipinski definition) is 3. The summed E-state index contributed by atoms with van der Waals surface area (Å²) in [4.78, 5) is 1.94. The van der Waals surface area contributed by atoms with Gasteiger partial charge in [0.1, 0.15) is 0 Å². The molecule has 0 spiro atoms. The third-order valence-electron chi connectivity index (χ3n) is 3.81. The van der Waals surface area contributed by atoms with Crippen molar-refractivity contribution in [2.24, 2.45) is 11.7 Å². The minimum atomic E-state index is -4.50. The van der Waals surface area contributed by atoms with Gasteiger partial charge >= 0.3 is 6.18 Å². The molecule has 1 saturated heterocycles. The predicted molar refractivity (Wildman–Crippen MR) is 70.1 cm³/mol. The number of nitriles is 1. The minimum absolute atomic E-state index is 0.00317. The summed E-state index contributed by atoms with van der Waals surface area (Å²) in [6, 6.07) is 5.30. The molecular formula is C14H16F3N3. The standard InChI is InChI=1S/C14H16F3N3/c1-9-4-5-20(8-13(9)19)11-2-3-12(14(15,16)17)10(6-11)7-18/h2-3,6,9,13H,4-5,8,19H2,1H3. The lowest BCUT2D eigenvalue weighted by Gasteiger charge is -2.36. The number of benzene rings is 1. The fourth-order valence-corrected chi connectivity index (χ4v) is 2.40. The lowest BCUT2D eigenvalue weighted by molar-refractivity contribution is -0.137. The van der Waals surface area contributed by atoms with Crippen LogP contribution in [0.1, 0.15) is 24.5 Å². The van der Waals surface area contributed by atoms with E-state index in [0.29, 0.717) is 18.2 Å². The molecule has 0 saturated carbocycles. The Kier molecular flexibility index (Phi) is 3.91. The SMILES string of the molecule is CC1CCN(c2ccc(C(F)(F)F)c(C#N)c2)CC1N. The van der Waals surface area contributed by atoms with Crippen LogP contribution in [0.15, 0.2) is 18.2 Å². The third-order valence-corrected chi connectivity index (χ3v) is 3.81. The Hall–Kier alpha value is -1.74. The molecule has 1 aliphatic heterocycles. The Bertz CT molecular complexity index is 533. The quantitative estimate of drug-likeness (QED) is 0.862. The Morgan fingerprint density at radius 3 is 2.65 bits per heavy atom. The Morgan fingerprint density at radius 2 is 2.10 bits per heavy atom. The monoisotopic (exact) mass is 283 g/mol. The van der Waals surface area contributed by atoms with Gasteiger partial charge < -0.3 is 10.6 Å². The summed E-state index contributed by atoms with van der Waals surface area (Å²) in [5, 5.41) is 8.91. The Balaban J connectivity index is 2.29. The topological polar surface area (TPSA) is 53.0 Å². The maximum absolute atomic E-state index is 12.7. The number of hydrogen-bond donors (Lipinski definition) is 1. The van der Waals surface area contributed by atoms with Gasteiger partial charge in [0.15, 0.2) is 0 Å². The van der Waals surface area contributed by atoms with Crippen LogP contribution in [0.25, 0.3) is 0 Å². The van der Waals surface area contributed by atoms with E-state index in [1.807, 2.05) is 4.90 Å². The molecule has 0 aromatic heterocycles. The van der Waals surface area contributed by atoms with Crippen LogP contribution in [0, 0.1) is 17.2 Å². The normalized spacial score (nSPS) is 23.5. The maximum Gasteiger partial charge on any atom is 0.417 e. The van der Waals surface area contributed by atoms with E-state index in [0.717, 1.165) is 19.0 Å². The van der Waals surface area contributed by atoms with E-state index in [-0.39, 0.29) is 11.6 Å². The van der Waals surface area contributed by atoms with Gasteiger partial charge in [-0.05, 0) is 30.5 Å². The molecule has 1 fully saturated rings. The van der Waals surface area contributed by atoms with Crippen molar-refractivity contribution in [3.05, 3.63) is 29.3 Å². The zero-order chi connectivity index (χ0) is 14.9. The molecule has 0 aliphatic carbocycles. The van der Waals surface area contributed by atoms with Crippen molar-refractivity contribution in [1.29, 1.82) is 5.26 Å². The highest BCUT2D eigenvalue weighted by molar-refractivity contribution is 5.55. The first-order valence-corrected chi connectivity index (χ1v) is 6.45. The zero-order valence-corrected chi connectivity index (χ0v) is 11.1. The number of anilines is 1. The molecule has 3 nitrogen and oxygen atoms in total. The largest absolute Gasteiger partial charge is 0.417 e. The molecule has 1 aliphatic rings. The minimum Gasteiger partial charge on any atom is -0.370 e. The molecule has 1 aromatic rings. The molecule has 1 heterocycles. The first kappa shape index (κ1) is 14.7. The molecule has 2 atom stereocenters. The average molecular weight is 283 g/mol.